The summed E-state index contributed by atoms with van der Waals surface area (Å²) in [7, 11) is 0. The van der Waals surface area contributed by atoms with Gasteiger partial charge in [-0.3, -0.25) is 4.79 Å². The SMILES string of the molecule is CCOC(=O)c1ccc(NC(=O)/C(C#N)=C\c2ccc(Oc3ccccc3)cc2)cc1. The molecular weight excluding hydrogens is 392 g/mol. The molecule has 0 atom stereocenters. The van der Waals surface area contributed by atoms with Crippen LogP contribution in [-0.2, 0) is 9.53 Å². The number of amides is 1. The predicted molar refractivity (Wildman–Crippen MR) is 118 cm³/mol. The van der Waals surface area contributed by atoms with Crippen LogP contribution in [0.1, 0.15) is 22.8 Å². The maximum absolute atomic E-state index is 12.5. The second-order valence-electron chi connectivity index (χ2n) is 6.41. The fraction of sp³-hybridized carbons (Fsp3) is 0.0800. The molecule has 3 aromatic carbocycles. The van der Waals surface area contributed by atoms with Crippen molar-refractivity contribution in [2.75, 3.05) is 11.9 Å². The van der Waals surface area contributed by atoms with Gasteiger partial charge in [-0.2, -0.15) is 5.26 Å². The summed E-state index contributed by atoms with van der Waals surface area (Å²) >= 11 is 0. The Kier molecular flexibility index (Phi) is 7.17. The van der Waals surface area contributed by atoms with E-state index in [-0.39, 0.29) is 12.2 Å². The smallest absolute Gasteiger partial charge is 0.338 e. The summed E-state index contributed by atoms with van der Waals surface area (Å²) in [6, 6.07) is 24.6. The van der Waals surface area contributed by atoms with Gasteiger partial charge in [0.2, 0.25) is 0 Å². The van der Waals surface area contributed by atoms with Crippen LogP contribution in [0.3, 0.4) is 0 Å². The van der Waals surface area contributed by atoms with Crippen LogP contribution in [0, 0.1) is 11.3 Å². The number of rotatable bonds is 7. The Bertz CT molecular complexity index is 1110. The van der Waals surface area contributed by atoms with E-state index in [9.17, 15) is 14.9 Å². The molecule has 6 heteroatoms. The number of anilines is 1. The molecule has 1 amide bonds. The molecule has 3 rings (SSSR count). The van der Waals surface area contributed by atoms with Crippen molar-refractivity contribution in [3.63, 3.8) is 0 Å². The molecule has 0 unspecified atom stereocenters. The average molecular weight is 412 g/mol. The first-order valence-electron chi connectivity index (χ1n) is 9.62. The van der Waals surface area contributed by atoms with E-state index < -0.39 is 11.9 Å². The first-order chi connectivity index (χ1) is 15.1. The van der Waals surface area contributed by atoms with Gasteiger partial charge in [-0.1, -0.05) is 30.3 Å². The number of benzene rings is 3. The third-order valence-corrected chi connectivity index (χ3v) is 4.19. The quantitative estimate of drug-likeness (QED) is 0.327. The monoisotopic (exact) mass is 412 g/mol. The van der Waals surface area contributed by atoms with E-state index in [0.29, 0.717) is 22.6 Å². The zero-order valence-electron chi connectivity index (χ0n) is 16.9. The van der Waals surface area contributed by atoms with Crippen LogP contribution in [0.5, 0.6) is 11.5 Å². The van der Waals surface area contributed by atoms with Crippen molar-refractivity contribution in [3.05, 3.63) is 95.6 Å². The summed E-state index contributed by atoms with van der Waals surface area (Å²) in [5.41, 5.74) is 1.48. The van der Waals surface area contributed by atoms with Crippen molar-refractivity contribution < 1.29 is 19.1 Å². The van der Waals surface area contributed by atoms with Crippen molar-refractivity contribution in [2.24, 2.45) is 0 Å². The van der Waals surface area contributed by atoms with Crippen LogP contribution >= 0.6 is 0 Å². The normalized spacial score (nSPS) is 10.6. The van der Waals surface area contributed by atoms with E-state index >= 15 is 0 Å². The number of hydrogen-bond donors (Lipinski definition) is 1. The first kappa shape index (κ1) is 21.3. The summed E-state index contributed by atoms with van der Waals surface area (Å²) in [5, 5.41) is 12.0. The largest absolute Gasteiger partial charge is 0.462 e. The summed E-state index contributed by atoms with van der Waals surface area (Å²) < 4.78 is 10.7. The molecule has 0 spiro atoms. The van der Waals surface area contributed by atoms with Gasteiger partial charge in [-0.15, -0.1) is 0 Å². The van der Waals surface area contributed by atoms with E-state index in [0.717, 1.165) is 5.75 Å². The fourth-order valence-electron chi connectivity index (χ4n) is 2.67. The Hall–Kier alpha value is -4.37. The molecule has 6 nitrogen and oxygen atoms in total. The molecule has 0 heterocycles. The van der Waals surface area contributed by atoms with Gasteiger partial charge < -0.3 is 14.8 Å². The second kappa shape index (κ2) is 10.4. The molecule has 154 valence electrons. The molecule has 0 aliphatic carbocycles. The highest BCUT2D eigenvalue weighted by molar-refractivity contribution is 6.09. The molecule has 0 saturated carbocycles. The Morgan fingerprint density at radius 2 is 1.58 bits per heavy atom. The number of nitrogens with zero attached hydrogens (tertiary/aromatic N) is 1. The van der Waals surface area contributed by atoms with Crippen molar-refractivity contribution in [3.8, 4) is 17.6 Å². The minimum absolute atomic E-state index is 0.0498. The highest BCUT2D eigenvalue weighted by Crippen LogP contribution is 2.22. The lowest BCUT2D eigenvalue weighted by molar-refractivity contribution is -0.112. The molecule has 31 heavy (non-hydrogen) atoms. The fourth-order valence-corrected chi connectivity index (χ4v) is 2.67. The Morgan fingerprint density at radius 3 is 2.19 bits per heavy atom. The Labute approximate surface area is 180 Å². The number of carbonyl (C=O) groups is 2. The Balaban J connectivity index is 1.66. The number of ether oxygens (including phenoxy) is 2. The van der Waals surface area contributed by atoms with E-state index in [2.05, 4.69) is 5.32 Å². The number of esters is 1. The van der Waals surface area contributed by atoms with Crippen molar-refractivity contribution in [1.29, 1.82) is 5.26 Å². The molecule has 3 aromatic rings. The molecule has 0 bridgehead atoms. The van der Waals surface area contributed by atoms with E-state index in [1.165, 1.54) is 6.08 Å². The zero-order valence-corrected chi connectivity index (χ0v) is 16.9. The van der Waals surface area contributed by atoms with Gasteiger partial charge in [0.1, 0.15) is 23.1 Å². The molecule has 0 radical (unpaired) electrons. The van der Waals surface area contributed by atoms with E-state index in [4.69, 9.17) is 9.47 Å². The van der Waals surface area contributed by atoms with Gasteiger partial charge in [-0.25, -0.2) is 4.79 Å². The van der Waals surface area contributed by atoms with Crippen LogP contribution in [0.2, 0.25) is 0 Å². The van der Waals surface area contributed by atoms with Gasteiger partial charge in [0.15, 0.2) is 0 Å². The zero-order chi connectivity index (χ0) is 22.1. The van der Waals surface area contributed by atoms with Crippen LogP contribution in [0.4, 0.5) is 5.69 Å². The van der Waals surface area contributed by atoms with Crippen LogP contribution in [0.25, 0.3) is 6.08 Å². The molecule has 1 N–H and O–H groups in total. The van der Waals surface area contributed by atoms with Gasteiger partial charge in [0.05, 0.1) is 12.2 Å². The lowest BCUT2D eigenvalue weighted by Crippen LogP contribution is -2.13. The highest BCUT2D eigenvalue weighted by atomic mass is 16.5. The van der Waals surface area contributed by atoms with Crippen LogP contribution in [-0.4, -0.2) is 18.5 Å². The summed E-state index contributed by atoms with van der Waals surface area (Å²) in [6.45, 7) is 2.01. The third-order valence-electron chi connectivity index (χ3n) is 4.19. The maximum atomic E-state index is 12.5. The molecule has 0 fully saturated rings. The standard InChI is InChI=1S/C25H20N2O4/c1-2-30-25(29)19-10-12-21(13-11-19)27-24(28)20(17-26)16-18-8-14-23(15-9-18)31-22-6-4-3-5-7-22/h3-16H,2H2,1H3,(H,27,28)/b20-16-. The van der Waals surface area contributed by atoms with Gasteiger partial charge in [-0.05, 0) is 67.1 Å². The third kappa shape index (κ3) is 6.05. The first-order valence-corrected chi connectivity index (χ1v) is 9.62. The highest BCUT2D eigenvalue weighted by Gasteiger charge is 2.11. The van der Waals surface area contributed by atoms with E-state index in [1.807, 2.05) is 36.4 Å². The van der Waals surface area contributed by atoms with Gasteiger partial charge >= 0.3 is 5.97 Å². The van der Waals surface area contributed by atoms with Crippen molar-refractivity contribution in [1.82, 2.24) is 0 Å². The van der Waals surface area contributed by atoms with E-state index in [1.54, 1.807) is 55.5 Å². The van der Waals surface area contributed by atoms with Crippen molar-refractivity contribution >= 4 is 23.6 Å². The minimum atomic E-state index is -0.545. The molecule has 0 saturated heterocycles. The number of para-hydroxylation sites is 1. The minimum Gasteiger partial charge on any atom is -0.462 e. The summed E-state index contributed by atoms with van der Waals surface area (Å²) in [5.74, 6) is 0.388. The number of hydrogen-bond acceptors (Lipinski definition) is 5. The lowest BCUT2D eigenvalue weighted by atomic mass is 10.1. The van der Waals surface area contributed by atoms with Gasteiger partial charge in [0.25, 0.3) is 5.91 Å². The van der Waals surface area contributed by atoms with Gasteiger partial charge in [0, 0.05) is 5.69 Å². The summed E-state index contributed by atoms with van der Waals surface area (Å²) in [4.78, 5) is 24.2. The number of nitriles is 1. The topological polar surface area (TPSA) is 88.4 Å². The Morgan fingerprint density at radius 1 is 0.935 bits per heavy atom. The molecule has 0 aliphatic heterocycles. The molecular formula is C25H20N2O4. The molecule has 0 aliphatic rings. The summed E-state index contributed by atoms with van der Waals surface area (Å²) in [6.07, 6.45) is 1.49. The maximum Gasteiger partial charge on any atom is 0.338 e. The lowest BCUT2D eigenvalue weighted by Gasteiger charge is -2.07. The van der Waals surface area contributed by atoms with Crippen LogP contribution < -0.4 is 10.1 Å². The number of nitrogens with one attached hydrogen (secondary N) is 1. The number of carbonyl (C=O) groups excluding carboxylic acids is 2. The van der Waals surface area contributed by atoms with Crippen LogP contribution in [0.15, 0.2) is 84.4 Å². The second-order valence-corrected chi connectivity index (χ2v) is 6.41. The van der Waals surface area contributed by atoms with Crippen molar-refractivity contribution in [2.45, 2.75) is 6.92 Å². The average Bonchev–Trinajstić information content (AvgIpc) is 2.80. The molecule has 0 aromatic heterocycles. The predicted octanol–water partition coefficient (Wildman–Crippen LogP) is 5.20.